The SMILES string of the molecule is Cc1nn(C)c(Oc2ccccc2)c1CNC[C@H]1CCN(C2CC2)C1. The van der Waals surface area contributed by atoms with Crippen LogP contribution in [0.4, 0.5) is 0 Å². The molecule has 134 valence electrons. The Morgan fingerprint density at radius 2 is 2.00 bits per heavy atom. The van der Waals surface area contributed by atoms with Crippen LogP contribution in [0.15, 0.2) is 30.3 Å². The first-order valence-electron chi connectivity index (χ1n) is 9.41. The smallest absolute Gasteiger partial charge is 0.222 e. The van der Waals surface area contributed by atoms with E-state index < -0.39 is 0 Å². The van der Waals surface area contributed by atoms with Crippen LogP contribution in [0.25, 0.3) is 0 Å². The van der Waals surface area contributed by atoms with Crippen molar-refractivity contribution in [3.8, 4) is 11.6 Å². The zero-order chi connectivity index (χ0) is 17.2. The van der Waals surface area contributed by atoms with Crippen LogP contribution in [-0.4, -0.2) is 40.4 Å². The van der Waals surface area contributed by atoms with Gasteiger partial charge in [0.1, 0.15) is 5.75 Å². The lowest BCUT2D eigenvalue weighted by atomic mass is 10.1. The van der Waals surface area contributed by atoms with Crippen LogP contribution in [0.2, 0.25) is 0 Å². The molecule has 1 saturated heterocycles. The Morgan fingerprint density at radius 3 is 2.76 bits per heavy atom. The lowest BCUT2D eigenvalue weighted by Gasteiger charge is -2.15. The molecule has 0 spiro atoms. The molecule has 1 aliphatic heterocycles. The zero-order valence-corrected chi connectivity index (χ0v) is 15.2. The Kier molecular flexibility index (Phi) is 4.77. The summed E-state index contributed by atoms with van der Waals surface area (Å²) in [6, 6.07) is 10.8. The lowest BCUT2D eigenvalue weighted by molar-refractivity contribution is 0.311. The Balaban J connectivity index is 1.35. The molecule has 5 heteroatoms. The molecule has 1 aliphatic carbocycles. The van der Waals surface area contributed by atoms with E-state index in [1.165, 1.54) is 32.4 Å². The van der Waals surface area contributed by atoms with Gasteiger partial charge in [0.2, 0.25) is 5.88 Å². The fourth-order valence-electron chi connectivity index (χ4n) is 3.81. The van der Waals surface area contributed by atoms with Crippen molar-refractivity contribution in [3.05, 3.63) is 41.6 Å². The minimum Gasteiger partial charge on any atom is -0.439 e. The third-order valence-corrected chi connectivity index (χ3v) is 5.36. The number of benzene rings is 1. The predicted octanol–water partition coefficient (Wildman–Crippen LogP) is 3.09. The summed E-state index contributed by atoms with van der Waals surface area (Å²) in [5.74, 6) is 2.46. The van der Waals surface area contributed by atoms with Crippen LogP contribution in [0.1, 0.15) is 30.5 Å². The largest absolute Gasteiger partial charge is 0.439 e. The van der Waals surface area contributed by atoms with Gasteiger partial charge in [-0.25, -0.2) is 4.68 Å². The highest BCUT2D eigenvalue weighted by Crippen LogP contribution is 2.31. The number of aryl methyl sites for hydroxylation is 2. The van der Waals surface area contributed by atoms with Gasteiger partial charge in [-0.2, -0.15) is 5.10 Å². The van der Waals surface area contributed by atoms with Gasteiger partial charge in [-0.1, -0.05) is 18.2 Å². The summed E-state index contributed by atoms with van der Waals surface area (Å²) in [6.45, 7) is 6.48. The van der Waals surface area contributed by atoms with Crippen LogP contribution in [0.3, 0.4) is 0 Å². The standard InChI is InChI=1S/C20H28N4O/c1-15-19(13-21-12-16-10-11-24(14-16)17-8-9-17)20(23(2)22-15)25-18-6-4-3-5-7-18/h3-7,16-17,21H,8-14H2,1-2H3/t16-/m1/s1. The van der Waals surface area contributed by atoms with Crippen LogP contribution < -0.4 is 10.1 Å². The van der Waals surface area contributed by atoms with Crippen molar-refractivity contribution in [2.75, 3.05) is 19.6 Å². The first-order chi connectivity index (χ1) is 12.2. The molecule has 1 saturated carbocycles. The normalized spacial score (nSPS) is 21.0. The number of aromatic nitrogens is 2. The van der Waals surface area contributed by atoms with E-state index in [0.29, 0.717) is 0 Å². The second-order valence-electron chi connectivity index (χ2n) is 7.42. The lowest BCUT2D eigenvalue weighted by Crippen LogP contribution is -2.27. The zero-order valence-electron chi connectivity index (χ0n) is 15.2. The Labute approximate surface area is 150 Å². The Bertz CT molecular complexity index is 708. The number of para-hydroxylation sites is 1. The maximum Gasteiger partial charge on any atom is 0.222 e. The highest BCUT2D eigenvalue weighted by atomic mass is 16.5. The van der Waals surface area contributed by atoms with Crippen LogP contribution >= 0.6 is 0 Å². The minimum atomic E-state index is 0.774. The first-order valence-corrected chi connectivity index (χ1v) is 9.41. The van der Waals surface area contributed by atoms with Crippen molar-refractivity contribution in [2.24, 2.45) is 13.0 Å². The predicted molar refractivity (Wildman–Crippen MR) is 98.9 cm³/mol. The fourth-order valence-corrected chi connectivity index (χ4v) is 3.81. The maximum atomic E-state index is 6.09. The van der Waals surface area contributed by atoms with Crippen molar-refractivity contribution in [2.45, 2.75) is 38.8 Å². The molecule has 2 aromatic rings. The molecular formula is C20H28N4O. The third-order valence-electron chi connectivity index (χ3n) is 5.36. The number of likely N-dealkylation sites (tertiary alicyclic amines) is 1. The molecule has 1 aromatic heterocycles. The van der Waals surface area contributed by atoms with Gasteiger partial charge in [0.15, 0.2) is 0 Å². The molecule has 2 aliphatic rings. The number of nitrogens with zero attached hydrogens (tertiary/aromatic N) is 3. The fraction of sp³-hybridized carbons (Fsp3) is 0.550. The van der Waals surface area contributed by atoms with E-state index >= 15 is 0 Å². The summed E-state index contributed by atoms with van der Waals surface area (Å²) in [5.41, 5.74) is 2.19. The third kappa shape index (κ3) is 3.88. The second kappa shape index (κ2) is 7.18. The second-order valence-corrected chi connectivity index (χ2v) is 7.42. The van der Waals surface area contributed by atoms with E-state index in [-0.39, 0.29) is 0 Å². The van der Waals surface area contributed by atoms with Gasteiger partial charge >= 0.3 is 0 Å². The van der Waals surface area contributed by atoms with Crippen LogP contribution in [0.5, 0.6) is 11.6 Å². The summed E-state index contributed by atoms with van der Waals surface area (Å²) in [5, 5.41) is 8.19. The molecule has 25 heavy (non-hydrogen) atoms. The highest BCUT2D eigenvalue weighted by Gasteiger charge is 2.34. The average molecular weight is 340 g/mol. The number of nitrogens with one attached hydrogen (secondary N) is 1. The molecular weight excluding hydrogens is 312 g/mol. The Hall–Kier alpha value is -1.85. The molecule has 4 rings (SSSR count). The number of ether oxygens (including phenoxy) is 1. The quantitative estimate of drug-likeness (QED) is 0.841. The van der Waals surface area contributed by atoms with Gasteiger partial charge < -0.3 is 15.0 Å². The highest BCUT2D eigenvalue weighted by molar-refractivity contribution is 5.35. The average Bonchev–Trinajstić information content (AvgIpc) is 3.30. The van der Waals surface area contributed by atoms with E-state index in [1.54, 1.807) is 0 Å². The summed E-state index contributed by atoms with van der Waals surface area (Å²) in [6.07, 6.45) is 4.15. The molecule has 0 radical (unpaired) electrons. The van der Waals surface area contributed by atoms with Crippen molar-refractivity contribution in [1.29, 1.82) is 0 Å². The molecule has 0 amide bonds. The van der Waals surface area contributed by atoms with Gasteiger partial charge in [-0.3, -0.25) is 0 Å². The maximum absolute atomic E-state index is 6.09. The van der Waals surface area contributed by atoms with E-state index in [9.17, 15) is 0 Å². The van der Waals surface area contributed by atoms with E-state index in [1.807, 2.05) is 42.1 Å². The van der Waals surface area contributed by atoms with Crippen molar-refractivity contribution >= 4 is 0 Å². The summed E-state index contributed by atoms with van der Waals surface area (Å²) >= 11 is 0. The Morgan fingerprint density at radius 1 is 1.20 bits per heavy atom. The van der Waals surface area contributed by atoms with Crippen LogP contribution in [-0.2, 0) is 13.6 Å². The van der Waals surface area contributed by atoms with Gasteiger partial charge in [0, 0.05) is 26.2 Å². The summed E-state index contributed by atoms with van der Waals surface area (Å²) in [7, 11) is 1.94. The molecule has 0 bridgehead atoms. The van der Waals surface area contributed by atoms with Crippen molar-refractivity contribution in [3.63, 3.8) is 0 Å². The van der Waals surface area contributed by atoms with Gasteiger partial charge in [0.25, 0.3) is 0 Å². The van der Waals surface area contributed by atoms with Crippen molar-refractivity contribution < 1.29 is 4.74 Å². The number of rotatable bonds is 7. The molecule has 1 aromatic carbocycles. The summed E-state index contributed by atoms with van der Waals surface area (Å²) < 4.78 is 7.93. The molecule has 5 nitrogen and oxygen atoms in total. The van der Waals surface area contributed by atoms with Gasteiger partial charge in [0.05, 0.1) is 11.3 Å². The topological polar surface area (TPSA) is 42.3 Å². The number of hydrogen-bond acceptors (Lipinski definition) is 4. The van der Waals surface area contributed by atoms with E-state index in [2.05, 4.69) is 22.2 Å². The molecule has 2 heterocycles. The van der Waals surface area contributed by atoms with E-state index in [4.69, 9.17) is 4.74 Å². The summed E-state index contributed by atoms with van der Waals surface area (Å²) in [4.78, 5) is 2.67. The van der Waals surface area contributed by atoms with Crippen molar-refractivity contribution in [1.82, 2.24) is 20.0 Å². The molecule has 1 atom stereocenters. The number of hydrogen-bond donors (Lipinski definition) is 1. The monoisotopic (exact) mass is 340 g/mol. The molecule has 0 unspecified atom stereocenters. The minimum absolute atomic E-state index is 0.774. The molecule has 1 N–H and O–H groups in total. The van der Waals surface area contributed by atoms with Gasteiger partial charge in [-0.15, -0.1) is 0 Å². The van der Waals surface area contributed by atoms with Crippen LogP contribution in [0, 0.1) is 12.8 Å². The van der Waals surface area contributed by atoms with E-state index in [0.717, 1.165) is 47.9 Å². The first kappa shape index (κ1) is 16.6. The van der Waals surface area contributed by atoms with Gasteiger partial charge in [-0.05, 0) is 57.3 Å². The molecule has 2 fully saturated rings.